The largest absolute Gasteiger partial charge is 0.420 e. The molecule has 0 aliphatic carbocycles. The normalized spacial score (nSPS) is 10.8. The molecule has 0 aliphatic rings. The average Bonchev–Trinajstić information content (AvgIpc) is 3.33. The van der Waals surface area contributed by atoms with Crippen molar-refractivity contribution >= 4 is 11.8 Å². The topological polar surface area (TPSA) is 115 Å². The molecular formula is C20H16N6O2S. The van der Waals surface area contributed by atoms with Crippen LogP contribution in [0.25, 0.3) is 22.7 Å². The second-order valence-electron chi connectivity index (χ2n) is 6.27. The van der Waals surface area contributed by atoms with Crippen molar-refractivity contribution in [1.29, 1.82) is 5.26 Å². The summed E-state index contributed by atoms with van der Waals surface area (Å²) in [4.78, 5) is 8.59. The third kappa shape index (κ3) is 3.75. The first-order valence-corrected chi connectivity index (χ1v) is 9.78. The predicted octanol–water partition coefficient (Wildman–Crippen LogP) is 4.27. The van der Waals surface area contributed by atoms with Crippen LogP contribution < -0.4 is 0 Å². The molecule has 0 unspecified atom stereocenters. The maximum absolute atomic E-state index is 9.37. The maximum atomic E-state index is 9.37. The van der Waals surface area contributed by atoms with Gasteiger partial charge in [0, 0.05) is 5.56 Å². The number of benzene rings is 1. The van der Waals surface area contributed by atoms with E-state index in [-0.39, 0.29) is 0 Å². The molecule has 0 aliphatic heterocycles. The van der Waals surface area contributed by atoms with Crippen molar-refractivity contribution in [3.8, 4) is 28.8 Å². The van der Waals surface area contributed by atoms with Gasteiger partial charge in [-0.15, -0.1) is 10.2 Å². The molecule has 144 valence electrons. The third-order valence-corrected chi connectivity index (χ3v) is 5.16. The minimum Gasteiger partial charge on any atom is -0.420 e. The first kappa shape index (κ1) is 18.8. The van der Waals surface area contributed by atoms with E-state index in [4.69, 9.17) is 8.94 Å². The van der Waals surface area contributed by atoms with Crippen molar-refractivity contribution < 1.29 is 8.94 Å². The number of nitriles is 1. The van der Waals surface area contributed by atoms with Gasteiger partial charge in [-0.2, -0.15) is 5.26 Å². The van der Waals surface area contributed by atoms with Crippen LogP contribution in [0.5, 0.6) is 0 Å². The fourth-order valence-electron chi connectivity index (χ4n) is 2.87. The van der Waals surface area contributed by atoms with Gasteiger partial charge in [0.05, 0.1) is 11.4 Å². The number of hydrogen-bond acceptors (Lipinski definition) is 9. The Morgan fingerprint density at radius 3 is 2.62 bits per heavy atom. The Labute approximate surface area is 171 Å². The van der Waals surface area contributed by atoms with Crippen molar-refractivity contribution in [3.05, 3.63) is 59.1 Å². The zero-order valence-corrected chi connectivity index (χ0v) is 16.8. The van der Waals surface area contributed by atoms with Crippen molar-refractivity contribution in [1.82, 2.24) is 25.3 Å². The zero-order chi connectivity index (χ0) is 20.4. The fourth-order valence-corrected chi connectivity index (χ4v) is 3.79. The lowest BCUT2D eigenvalue weighted by atomic mass is 10.1. The summed E-state index contributed by atoms with van der Waals surface area (Å²) in [5, 5.41) is 22.4. The molecule has 9 heteroatoms. The average molecular weight is 404 g/mol. The quantitative estimate of drug-likeness (QED) is 0.355. The van der Waals surface area contributed by atoms with Crippen LogP contribution in [0.15, 0.2) is 44.3 Å². The van der Waals surface area contributed by atoms with Gasteiger partial charge >= 0.3 is 0 Å². The summed E-state index contributed by atoms with van der Waals surface area (Å²) in [7, 11) is 0. The summed E-state index contributed by atoms with van der Waals surface area (Å²) < 4.78 is 11.2. The number of nitrogens with zero attached hydrogens (tertiary/aromatic N) is 6. The van der Waals surface area contributed by atoms with Gasteiger partial charge in [0.2, 0.25) is 5.89 Å². The zero-order valence-electron chi connectivity index (χ0n) is 16.0. The Morgan fingerprint density at radius 2 is 1.86 bits per heavy atom. The molecule has 3 aromatic heterocycles. The molecule has 0 spiro atoms. The number of thioether (sulfide) groups is 1. The third-order valence-electron chi connectivity index (χ3n) is 4.20. The molecule has 0 N–H and O–H groups in total. The van der Waals surface area contributed by atoms with Crippen LogP contribution in [0.4, 0.5) is 0 Å². The molecular weight excluding hydrogens is 388 g/mol. The molecule has 0 saturated heterocycles. The van der Waals surface area contributed by atoms with Crippen LogP contribution in [0, 0.1) is 32.1 Å². The second-order valence-corrected chi connectivity index (χ2v) is 7.23. The fraction of sp³-hybridized carbons (Fsp3) is 0.200. The Kier molecular flexibility index (Phi) is 5.10. The lowest BCUT2D eigenvalue weighted by molar-refractivity contribution is 0.399. The van der Waals surface area contributed by atoms with E-state index in [1.807, 2.05) is 30.3 Å². The van der Waals surface area contributed by atoms with Crippen molar-refractivity contribution in [2.24, 2.45) is 0 Å². The van der Waals surface area contributed by atoms with Gasteiger partial charge in [0.15, 0.2) is 0 Å². The molecule has 1 aromatic carbocycles. The molecule has 0 atom stereocenters. The van der Waals surface area contributed by atoms with Gasteiger partial charge in [-0.1, -0.05) is 47.3 Å². The smallest absolute Gasteiger partial charge is 0.253 e. The molecule has 0 saturated carbocycles. The van der Waals surface area contributed by atoms with Crippen LogP contribution in [0.2, 0.25) is 0 Å². The Bertz CT molecular complexity index is 1210. The summed E-state index contributed by atoms with van der Waals surface area (Å²) in [5.41, 5.74) is 3.34. The SMILES string of the molecule is Cc1nc(C)c(C#N)c(SCc2nnc(-c3c(-c4ccccc4)noc3C)o2)n1. The lowest BCUT2D eigenvalue weighted by Gasteiger charge is -2.04. The van der Waals surface area contributed by atoms with Crippen LogP contribution >= 0.6 is 11.8 Å². The number of hydrogen-bond donors (Lipinski definition) is 0. The van der Waals surface area contributed by atoms with E-state index in [9.17, 15) is 5.26 Å². The standard InChI is InChI=1S/C20H16N6O2S/c1-11-15(9-21)20(23-13(3)22-11)29-10-16-24-25-19(27-16)17-12(2)28-26-18(17)14-7-5-4-6-8-14/h4-8H,10H2,1-3H3. The molecule has 0 bridgehead atoms. The van der Waals surface area contributed by atoms with Crippen LogP contribution in [0.1, 0.15) is 28.7 Å². The highest BCUT2D eigenvalue weighted by molar-refractivity contribution is 7.98. The van der Waals surface area contributed by atoms with Gasteiger partial charge in [-0.25, -0.2) is 9.97 Å². The highest BCUT2D eigenvalue weighted by Gasteiger charge is 2.22. The first-order valence-electron chi connectivity index (χ1n) is 8.79. The second kappa shape index (κ2) is 7.85. The van der Waals surface area contributed by atoms with E-state index in [0.29, 0.717) is 56.7 Å². The van der Waals surface area contributed by atoms with E-state index < -0.39 is 0 Å². The highest BCUT2D eigenvalue weighted by atomic mass is 32.2. The first-order chi connectivity index (χ1) is 14.1. The molecule has 0 amide bonds. The van der Waals surface area contributed by atoms with Crippen molar-refractivity contribution in [2.45, 2.75) is 31.6 Å². The summed E-state index contributed by atoms with van der Waals surface area (Å²) in [5.74, 6) is 2.35. The van der Waals surface area contributed by atoms with Gasteiger partial charge in [0.1, 0.15) is 39.5 Å². The summed E-state index contributed by atoms with van der Waals surface area (Å²) >= 11 is 1.36. The molecule has 3 heterocycles. The predicted molar refractivity (Wildman–Crippen MR) is 106 cm³/mol. The molecule has 0 radical (unpaired) electrons. The summed E-state index contributed by atoms with van der Waals surface area (Å²) in [6.45, 7) is 5.39. The lowest BCUT2D eigenvalue weighted by Crippen LogP contribution is -1.99. The monoisotopic (exact) mass is 404 g/mol. The van der Waals surface area contributed by atoms with Crippen molar-refractivity contribution in [2.75, 3.05) is 0 Å². The molecule has 4 aromatic rings. The molecule has 4 rings (SSSR count). The van der Waals surface area contributed by atoms with E-state index in [1.165, 1.54) is 11.8 Å². The number of aromatic nitrogens is 5. The Balaban J connectivity index is 1.60. The minimum absolute atomic E-state index is 0.341. The highest BCUT2D eigenvalue weighted by Crippen LogP contribution is 2.34. The summed E-state index contributed by atoms with van der Waals surface area (Å²) in [6, 6.07) is 11.8. The minimum atomic E-state index is 0.341. The van der Waals surface area contributed by atoms with Crippen LogP contribution in [-0.2, 0) is 5.75 Å². The van der Waals surface area contributed by atoms with E-state index in [0.717, 1.165) is 5.56 Å². The molecule has 8 nitrogen and oxygen atoms in total. The van der Waals surface area contributed by atoms with E-state index >= 15 is 0 Å². The Morgan fingerprint density at radius 1 is 1.07 bits per heavy atom. The van der Waals surface area contributed by atoms with Gasteiger partial charge in [-0.3, -0.25) is 0 Å². The molecule has 29 heavy (non-hydrogen) atoms. The number of rotatable bonds is 5. The van der Waals surface area contributed by atoms with Gasteiger partial charge in [-0.05, 0) is 20.8 Å². The van der Waals surface area contributed by atoms with E-state index in [1.54, 1.807) is 20.8 Å². The molecule has 0 fully saturated rings. The van der Waals surface area contributed by atoms with E-state index in [2.05, 4.69) is 31.4 Å². The van der Waals surface area contributed by atoms with Gasteiger partial charge < -0.3 is 8.94 Å². The summed E-state index contributed by atoms with van der Waals surface area (Å²) in [6.07, 6.45) is 0. The maximum Gasteiger partial charge on any atom is 0.253 e. The van der Waals surface area contributed by atoms with Gasteiger partial charge in [0.25, 0.3) is 5.89 Å². The Hall–Kier alpha value is -3.51. The van der Waals surface area contributed by atoms with Crippen molar-refractivity contribution in [3.63, 3.8) is 0 Å². The van der Waals surface area contributed by atoms with Crippen LogP contribution in [-0.4, -0.2) is 25.3 Å². The van der Waals surface area contributed by atoms with Crippen LogP contribution in [0.3, 0.4) is 0 Å². The number of aryl methyl sites for hydroxylation is 3.